The van der Waals surface area contributed by atoms with E-state index in [0.29, 0.717) is 0 Å². The molecule has 6 atom stereocenters. The Bertz CT molecular complexity index is 405. The lowest BCUT2D eigenvalue weighted by molar-refractivity contribution is -0.0490. The van der Waals surface area contributed by atoms with Crippen molar-refractivity contribution in [3.63, 3.8) is 0 Å². The van der Waals surface area contributed by atoms with Gasteiger partial charge in [0.15, 0.2) is 0 Å². The van der Waals surface area contributed by atoms with E-state index in [1.54, 1.807) is 42.7 Å². The fourth-order valence-electron chi connectivity index (χ4n) is 4.05. The molecule has 0 saturated carbocycles. The summed E-state index contributed by atoms with van der Waals surface area (Å²) in [5, 5.41) is 0. The lowest BCUT2D eigenvalue weighted by Gasteiger charge is -2.29. The molecule has 0 amide bonds. The molecular weight excluding hydrogens is 396 g/mol. The van der Waals surface area contributed by atoms with Gasteiger partial charge in [0.05, 0.1) is 36.6 Å². The lowest BCUT2D eigenvalue weighted by Crippen LogP contribution is -2.32. The van der Waals surface area contributed by atoms with Crippen molar-refractivity contribution in [2.75, 3.05) is 42.7 Å². The average molecular weight is 447 g/mol. The fourth-order valence-corrected chi connectivity index (χ4v) is 4.05. The highest BCUT2D eigenvalue weighted by Gasteiger charge is 2.26. The number of hydrogen-bond donors (Lipinski definition) is 0. The number of ether oxygens (including phenoxy) is 6. The number of rotatable bonds is 22. The van der Waals surface area contributed by atoms with E-state index >= 15 is 0 Å². The van der Waals surface area contributed by atoms with Crippen molar-refractivity contribution in [2.24, 2.45) is 0 Å². The third-order valence-corrected chi connectivity index (χ3v) is 6.19. The van der Waals surface area contributed by atoms with Crippen molar-refractivity contribution in [1.82, 2.24) is 0 Å². The molecule has 0 fully saturated rings. The predicted octanol–water partition coefficient (Wildman–Crippen LogP) is 5.18. The zero-order chi connectivity index (χ0) is 23.5. The van der Waals surface area contributed by atoms with Gasteiger partial charge in [0, 0.05) is 49.1 Å². The maximum atomic E-state index is 5.81. The van der Waals surface area contributed by atoms with Crippen LogP contribution in [0.25, 0.3) is 0 Å². The standard InChI is InChI=1S/C25H50O6/c1-9-11-12-14-21(27-4)16-23(29-6)18-25(31-8)19-24(30-7)17-22(28-5)15-20(26-3)13-10-2/h10,20-25H,2,9,11-19H2,1,3-8H3. The first kappa shape index (κ1) is 30.5. The number of unbranched alkanes of at least 4 members (excludes halogenated alkanes) is 2. The van der Waals surface area contributed by atoms with Gasteiger partial charge in [-0.2, -0.15) is 0 Å². The topological polar surface area (TPSA) is 55.4 Å². The Morgan fingerprint density at radius 2 is 0.903 bits per heavy atom. The first-order valence-electron chi connectivity index (χ1n) is 11.8. The summed E-state index contributed by atoms with van der Waals surface area (Å²) in [5.41, 5.74) is 0. The third kappa shape index (κ3) is 14.3. The minimum atomic E-state index is 0.0384. The summed E-state index contributed by atoms with van der Waals surface area (Å²) in [5.74, 6) is 0. The smallest absolute Gasteiger partial charge is 0.0630 e. The highest BCUT2D eigenvalue weighted by atomic mass is 16.5. The Morgan fingerprint density at radius 1 is 0.548 bits per heavy atom. The molecule has 0 N–H and O–H groups in total. The highest BCUT2D eigenvalue weighted by molar-refractivity contribution is 4.80. The Kier molecular flexibility index (Phi) is 19.8. The molecule has 31 heavy (non-hydrogen) atoms. The fraction of sp³-hybridized carbons (Fsp3) is 0.920. The quantitative estimate of drug-likeness (QED) is 0.169. The maximum Gasteiger partial charge on any atom is 0.0630 e. The third-order valence-electron chi connectivity index (χ3n) is 6.19. The molecule has 0 aliphatic carbocycles. The molecule has 6 unspecified atom stereocenters. The van der Waals surface area contributed by atoms with Crippen LogP contribution in [0.3, 0.4) is 0 Å². The van der Waals surface area contributed by atoms with Crippen molar-refractivity contribution >= 4 is 0 Å². The van der Waals surface area contributed by atoms with Crippen LogP contribution in [0.2, 0.25) is 0 Å². The number of hydrogen-bond acceptors (Lipinski definition) is 6. The van der Waals surface area contributed by atoms with Crippen LogP contribution >= 0.6 is 0 Å². The first-order valence-corrected chi connectivity index (χ1v) is 11.8. The van der Waals surface area contributed by atoms with Gasteiger partial charge in [-0.3, -0.25) is 0 Å². The van der Waals surface area contributed by atoms with Crippen LogP contribution in [-0.2, 0) is 28.4 Å². The molecule has 0 aromatic heterocycles. The second-order valence-corrected chi connectivity index (χ2v) is 8.34. The monoisotopic (exact) mass is 446 g/mol. The van der Waals surface area contributed by atoms with E-state index in [-0.39, 0.29) is 36.6 Å². The van der Waals surface area contributed by atoms with E-state index < -0.39 is 0 Å². The molecule has 0 aromatic carbocycles. The van der Waals surface area contributed by atoms with Crippen molar-refractivity contribution in [2.45, 2.75) is 108 Å². The minimum absolute atomic E-state index is 0.0384. The van der Waals surface area contributed by atoms with E-state index in [1.165, 1.54) is 19.3 Å². The normalized spacial score (nSPS) is 17.6. The van der Waals surface area contributed by atoms with Crippen LogP contribution in [0.4, 0.5) is 0 Å². The van der Waals surface area contributed by atoms with Crippen molar-refractivity contribution in [1.29, 1.82) is 0 Å². The maximum absolute atomic E-state index is 5.81. The van der Waals surface area contributed by atoms with Crippen LogP contribution < -0.4 is 0 Å². The molecule has 186 valence electrons. The van der Waals surface area contributed by atoms with Crippen LogP contribution in [0, 0.1) is 0 Å². The summed E-state index contributed by atoms with van der Waals surface area (Å²) in [4.78, 5) is 0. The molecule has 0 bridgehead atoms. The zero-order valence-electron chi connectivity index (χ0n) is 21.3. The van der Waals surface area contributed by atoms with E-state index in [2.05, 4.69) is 13.5 Å². The van der Waals surface area contributed by atoms with E-state index in [0.717, 1.165) is 44.9 Å². The molecule has 0 heterocycles. The van der Waals surface area contributed by atoms with Gasteiger partial charge in [0.2, 0.25) is 0 Å². The van der Waals surface area contributed by atoms with Crippen molar-refractivity contribution < 1.29 is 28.4 Å². The van der Waals surface area contributed by atoms with Crippen molar-refractivity contribution in [3.8, 4) is 0 Å². The summed E-state index contributed by atoms with van der Waals surface area (Å²) in [6.45, 7) is 6.03. The SMILES string of the molecule is C=CCC(CC(CC(CC(CC(CC(CCCCC)OC)OC)OC)OC)OC)OC. The largest absolute Gasteiger partial charge is 0.381 e. The lowest BCUT2D eigenvalue weighted by atomic mass is 9.95. The summed E-state index contributed by atoms with van der Waals surface area (Å²) in [6.07, 6.45) is 12.1. The van der Waals surface area contributed by atoms with Gasteiger partial charge in [-0.25, -0.2) is 0 Å². The molecule has 6 nitrogen and oxygen atoms in total. The summed E-state index contributed by atoms with van der Waals surface area (Å²) in [6, 6.07) is 0. The molecule has 0 spiro atoms. The Labute approximate surface area is 191 Å². The number of methoxy groups -OCH3 is 6. The summed E-state index contributed by atoms with van der Waals surface area (Å²) >= 11 is 0. The van der Waals surface area contributed by atoms with Crippen LogP contribution in [-0.4, -0.2) is 79.3 Å². The van der Waals surface area contributed by atoms with Crippen molar-refractivity contribution in [3.05, 3.63) is 12.7 Å². The van der Waals surface area contributed by atoms with Gasteiger partial charge in [0.25, 0.3) is 0 Å². The molecule has 6 heteroatoms. The van der Waals surface area contributed by atoms with Crippen LogP contribution in [0.15, 0.2) is 12.7 Å². The second-order valence-electron chi connectivity index (χ2n) is 8.34. The Balaban J connectivity index is 4.78. The molecule has 0 saturated heterocycles. The second kappa shape index (κ2) is 20.1. The minimum Gasteiger partial charge on any atom is -0.381 e. The van der Waals surface area contributed by atoms with E-state index in [9.17, 15) is 0 Å². The van der Waals surface area contributed by atoms with Gasteiger partial charge in [-0.15, -0.1) is 6.58 Å². The van der Waals surface area contributed by atoms with Crippen LogP contribution in [0.1, 0.15) is 71.1 Å². The molecular formula is C25H50O6. The molecule has 0 aromatic rings. The van der Waals surface area contributed by atoms with Gasteiger partial charge >= 0.3 is 0 Å². The molecule has 0 rings (SSSR count). The van der Waals surface area contributed by atoms with Gasteiger partial charge in [-0.05, 0) is 38.5 Å². The average Bonchev–Trinajstić information content (AvgIpc) is 2.80. The molecule has 0 aliphatic rings. The Hall–Kier alpha value is -0.500. The highest BCUT2D eigenvalue weighted by Crippen LogP contribution is 2.23. The predicted molar refractivity (Wildman–Crippen MR) is 127 cm³/mol. The summed E-state index contributed by atoms with van der Waals surface area (Å²) < 4.78 is 34.3. The van der Waals surface area contributed by atoms with Gasteiger partial charge in [0.1, 0.15) is 0 Å². The molecule has 0 aliphatic heterocycles. The first-order chi connectivity index (χ1) is 15.0. The molecule has 0 radical (unpaired) electrons. The Morgan fingerprint density at radius 3 is 1.23 bits per heavy atom. The van der Waals surface area contributed by atoms with Gasteiger partial charge < -0.3 is 28.4 Å². The van der Waals surface area contributed by atoms with Crippen LogP contribution in [0.5, 0.6) is 0 Å². The van der Waals surface area contributed by atoms with Gasteiger partial charge in [-0.1, -0.05) is 32.3 Å². The van der Waals surface area contributed by atoms with E-state index in [4.69, 9.17) is 28.4 Å². The van der Waals surface area contributed by atoms with E-state index in [1.807, 2.05) is 6.08 Å². The zero-order valence-corrected chi connectivity index (χ0v) is 21.3. The summed E-state index contributed by atoms with van der Waals surface area (Å²) in [7, 11) is 10.6.